The summed E-state index contributed by atoms with van der Waals surface area (Å²) in [5.74, 6) is 0.208. The summed E-state index contributed by atoms with van der Waals surface area (Å²) >= 11 is 0. The molecule has 0 aliphatic heterocycles. The van der Waals surface area contributed by atoms with Crippen molar-refractivity contribution in [1.82, 2.24) is 24.6 Å². The number of rotatable bonds is 4. The molecule has 0 radical (unpaired) electrons. The number of hydrogen-bond donors (Lipinski definition) is 2. The number of aromatic nitrogens is 5. The maximum absolute atomic E-state index is 13.0. The maximum Gasteiger partial charge on any atom is 0.257 e. The minimum absolute atomic E-state index is 0.173. The van der Waals surface area contributed by atoms with Crippen molar-refractivity contribution in [1.29, 1.82) is 0 Å². The molecule has 0 saturated carbocycles. The molecule has 4 aromatic rings. The van der Waals surface area contributed by atoms with Gasteiger partial charge in [0, 0.05) is 6.20 Å². The second-order valence-electron chi connectivity index (χ2n) is 5.81. The zero-order valence-corrected chi connectivity index (χ0v) is 13.8. The molecule has 4 rings (SSSR count). The van der Waals surface area contributed by atoms with Gasteiger partial charge in [-0.1, -0.05) is 0 Å². The van der Waals surface area contributed by atoms with Crippen LogP contribution in [-0.2, 0) is 0 Å². The fraction of sp³-hybridized carbons (Fsp3) is 0.111. The first kappa shape index (κ1) is 15.9. The number of imidazole rings is 1. The number of aromatic amines is 1. The van der Waals surface area contributed by atoms with E-state index < -0.39 is 0 Å². The molecule has 2 N–H and O–H groups in total. The van der Waals surface area contributed by atoms with Crippen molar-refractivity contribution >= 4 is 11.5 Å². The van der Waals surface area contributed by atoms with Gasteiger partial charge in [0.1, 0.15) is 11.6 Å². The number of hydrogen-bond acceptors (Lipinski definition) is 5. The monoisotopic (exact) mass is 350 g/mol. The molecule has 130 valence electrons. The summed E-state index contributed by atoms with van der Waals surface area (Å²) in [6.45, 7) is 1.91. The molecule has 0 saturated heterocycles. The first-order valence-corrected chi connectivity index (χ1v) is 8.02. The molecule has 0 aliphatic carbocycles. The van der Waals surface area contributed by atoms with Gasteiger partial charge in [-0.05, 0) is 43.3 Å². The molecule has 1 atom stereocenters. The molecule has 0 aromatic carbocycles. The van der Waals surface area contributed by atoms with Crippen molar-refractivity contribution in [3.8, 4) is 11.3 Å². The lowest BCUT2D eigenvalue weighted by Gasteiger charge is -2.14. The highest BCUT2D eigenvalue weighted by atomic mass is 19.1. The van der Waals surface area contributed by atoms with Crippen molar-refractivity contribution in [2.75, 3.05) is 5.32 Å². The molecule has 4 aromatic heterocycles. The van der Waals surface area contributed by atoms with Crippen molar-refractivity contribution in [2.45, 2.75) is 13.0 Å². The number of pyridine rings is 2. The molecule has 0 fully saturated rings. The van der Waals surface area contributed by atoms with E-state index in [1.807, 2.05) is 6.92 Å². The Labute approximate surface area is 147 Å². The van der Waals surface area contributed by atoms with E-state index in [0.29, 0.717) is 28.4 Å². The summed E-state index contributed by atoms with van der Waals surface area (Å²) < 4.78 is 14.6. The zero-order valence-electron chi connectivity index (χ0n) is 13.8. The predicted molar refractivity (Wildman–Crippen MR) is 95.3 cm³/mol. The summed E-state index contributed by atoms with van der Waals surface area (Å²) in [7, 11) is 0. The fourth-order valence-electron chi connectivity index (χ4n) is 2.70. The number of nitrogens with zero attached hydrogens (tertiary/aromatic N) is 4. The van der Waals surface area contributed by atoms with Gasteiger partial charge in [-0.15, -0.1) is 5.10 Å². The quantitative estimate of drug-likeness (QED) is 0.591. The normalized spacial score (nSPS) is 12.2. The summed E-state index contributed by atoms with van der Waals surface area (Å²) in [6, 6.07) is 9.88. The lowest BCUT2D eigenvalue weighted by atomic mass is 10.2. The van der Waals surface area contributed by atoms with Gasteiger partial charge >= 0.3 is 0 Å². The van der Waals surface area contributed by atoms with Crippen LogP contribution in [0.1, 0.15) is 18.7 Å². The van der Waals surface area contributed by atoms with E-state index in [1.54, 1.807) is 47.2 Å². The largest absolute Gasteiger partial charge is 0.361 e. The van der Waals surface area contributed by atoms with E-state index in [4.69, 9.17) is 0 Å². The standard InChI is InChI=1S/C18H15FN6O/c1-11(14-5-4-12(19)9-21-14)23-16-6-7-17-22-10-15(25(17)24-16)13-3-2-8-20-18(13)26/h2-11H,1H3,(H,20,26)(H,23,24). The van der Waals surface area contributed by atoms with Crippen molar-refractivity contribution < 1.29 is 4.39 Å². The highest BCUT2D eigenvalue weighted by Crippen LogP contribution is 2.20. The number of fused-ring (bicyclic) bond motifs is 1. The van der Waals surface area contributed by atoms with Crippen LogP contribution in [0.3, 0.4) is 0 Å². The van der Waals surface area contributed by atoms with Gasteiger partial charge in [-0.3, -0.25) is 9.78 Å². The molecular formula is C18H15FN6O. The average molecular weight is 350 g/mol. The number of halogens is 1. The van der Waals surface area contributed by atoms with Gasteiger partial charge in [0.05, 0.1) is 35.4 Å². The van der Waals surface area contributed by atoms with Crippen LogP contribution in [0.15, 0.2) is 59.8 Å². The van der Waals surface area contributed by atoms with E-state index in [1.165, 1.54) is 12.3 Å². The summed E-state index contributed by atoms with van der Waals surface area (Å²) in [5, 5.41) is 7.75. The Bertz CT molecular complexity index is 1120. The van der Waals surface area contributed by atoms with Crippen LogP contribution >= 0.6 is 0 Å². The summed E-state index contributed by atoms with van der Waals surface area (Å²) in [5.41, 5.74) is 2.19. The third-order valence-electron chi connectivity index (χ3n) is 4.01. The Morgan fingerprint density at radius 2 is 2.04 bits per heavy atom. The zero-order chi connectivity index (χ0) is 18.1. The SMILES string of the molecule is CC(Nc1ccc2ncc(-c3ccc[nH]c3=O)n2n1)c1ccc(F)cn1. The van der Waals surface area contributed by atoms with Gasteiger partial charge in [0.25, 0.3) is 5.56 Å². The van der Waals surface area contributed by atoms with Gasteiger partial charge in [-0.25, -0.2) is 13.9 Å². The van der Waals surface area contributed by atoms with E-state index in [0.717, 1.165) is 0 Å². The molecule has 1 unspecified atom stereocenters. The first-order chi connectivity index (χ1) is 12.6. The molecule has 0 spiro atoms. The third kappa shape index (κ3) is 2.92. The Morgan fingerprint density at radius 1 is 1.15 bits per heavy atom. The van der Waals surface area contributed by atoms with Crippen LogP contribution in [0.5, 0.6) is 0 Å². The minimum atomic E-state index is -0.378. The van der Waals surface area contributed by atoms with E-state index in [-0.39, 0.29) is 17.4 Å². The first-order valence-electron chi connectivity index (χ1n) is 8.02. The van der Waals surface area contributed by atoms with E-state index >= 15 is 0 Å². The Morgan fingerprint density at radius 3 is 2.81 bits per heavy atom. The van der Waals surface area contributed by atoms with Crippen LogP contribution in [-0.4, -0.2) is 24.6 Å². The lowest BCUT2D eigenvalue weighted by molar-refractivity contribution is 0.617. The molecule has 26 heavy (non-hydrogen) atoms. The van der Waals surface area contributed by atoms with Gasteiger partial charge in [0.15, 0.2) is 5.65 Å². The fourth-order valence-corrected chi connectivity index (χ4v) is 2.70. The number of H-pyrrole nitrogens is 1. The van der Waals surface area contributed by atoms with E-state index in [9.17, 15) is 9.18 Å². The van der Waals surface area contributed by atoms with Gasteiger partial charge in [0.2, 0.25) is 0 Å². The average Bonchev–Trinajstić information content (AvgIpc) is 3.06. The minimum Gasteiger partial charge on any atom is -0.361 e. The second-order valence-corrected chi connectivity index (χ2v) is 5.81. The van der Waals surface area contributed by atoms with Crippen LogP contribution in [0.25, 0.3) is 16.9 Å². The molecule has 0 bridgehead atoms. The highest BCUT2D eigenvalue weighted by Gasteiger charge is 2.12. The van der Waals surface area contributed by atoms with E-state index in [2.05, 4.69) is 25.4 Å². The Hall–Kier alpha value is -3.55. The molecule has 0 aliphatic rings. The van der Waals surface area contributed by atoms with Crippen molar-refractivity contribution in [3.05, 3.63) is 76.9 Å². The van der Waals surface area contributed by atoms with Gasteiger partial charge in [-0.2, -0.15) is 0 Å². The molecule has 7 nitrogen and oxygen atoms in total. The smallest absolute Gasteiger partial charge is 0.257 e. The Balaban J connectivity index is 1.69. The van der Waals surface area contributed by atoms with Crippen LogP contribution in [0.4, 0.5) is 10.2 Å². The number of anilines is 1. The predicted octanol–water partition coefficient (Wildman–Crippen LogP) is 2.79. The van der Waals surface area contributed by atoms with Gasteiger partial charge < -0.3 is 10.3 Å². The molecule has 8 heteroatoms. The lowest BCUT2D eigenvalue weighted by Crippen LogP contribution is -2.12. The number of nitrogens with one attached hydrogen (secondary N) is 2. The third-order valence-corrected chi connectivity index (χ3v) is 4.01. The van der Waals surface area contributed by atoms with Crippen molar-refractivity contribution in [2.24, 2.45) is 0 Å². The molecular weight excluding hydrogens is 335 g/mol. The molecule has 0 amide bonds. The van der Waals surface area contributed by atoms with Crippen molar-refractivity contribution in [3.63, 3.8) is 0 Å². The highest BCUT2D eigenvalue weighted by molar-refractivity contribution is 5.62. The summed E-state index contributed by atoms with van der Waals surface area (Å²) in [6.07, 6.45) is 4.37. The van der Waals surface area contributed by atoms with Crippen LogP contribution < -0.4 is 10.9 Å². The summed E-state index contributed by atoms with van der Waals surface area (Å²) in [4.78, 5) is 23.1. The van der Waals surface area contributed by atoms with Crippen LogP contribution in [0, 0.1) is 5.82 Å². The second kappa shape index (κ2) is 6.40. The maximum atomic E-state index is 13.0. The Kier molecular flexibility index (Phi) is 3.92. The van der Waals surface area contributed by atoms with Crippen LogP contribution in [0.2, 0.25) is 0 Å². The molecule has 4 heterocycles. The topological polar surface area (TPSA) is 88.0 Å².